The zero-order valence-electron chi connectivity index (χ0n) is 12.8. The van der Waals surface area contributed by atoms with E-state index in [1.165, 1.54) is 0 Å². The number of ether oxygens (including phenoxy) is 2. The van der Waals surface area contributed by atoms with E-state index >= 15 is 0 Å². The summed E-state index contributed by atoms with van der Waals surface area (Å²) < 4.78 is 10.5. The monoisotopic (exact) mass is 311 g/mol. The van der Waals surface area contributed by atoms with E-state index in [2.05, 4.69) is 10.3 Å². The van der Waals surface area contributed by atoms with Gasteiger partial charge in [-0.15, -0.1) is 0 Å². The van der Waals surface area contributed by atoms with Gasteiger partial charge in [-0.25, -0.2) is 9.78 Å². The zero-order chi connectivity index (χ0) is 16.5. The van der Waals surface area contributed by atoms with Gasteiger partial charge in [-0.2, -0.15) is 5.26 Å². The van der Waals surface area contributed by atoms with Crippen LogP contribution in [0.2, 0.25) is 0 Å². The summed E-state index contributed by atoms with van der Waals surface area (Å²) in [6.45, 7) is 3.02. The number of nitriles is 1. The molecule has 23 heavy (non-hydrogen) atoms. The van der Waals surface area contributed by atoms with E-state index in [0.717, 1.165) is 0 Å². The van der Waals surface area contributed by atoms with Gasteiger partial charge in [-0.3, -0.25) is 0 Å². The number of benzene rings is 1. The van der Waals surface area contributed by atoms with E-state index < -0.39 is 5.97 Å². The molecule has 0 fully saturated rings. The quantitative estimate of drug-likeness (QED) is 0.625. The Bertz CT molecular complexity index is 693. The molecular formula is C17H17N3O3. The Balaban J connectivity index is 1.79. The minimum absolute atomic E-state index is 0.174. The summed E-state index contributed by atoms with van der Waals surface area (Å²) >= 11 is 0. The van der Waals surface area contributed by atoms with Crippen LogP contribution < -0.4 is 10.1 Å². The Labute approximate surface area is 134 Å². The number of nitrogens with one attached hydrogen (secondary N) is 1. The van der Waals surface area contributed by atoms with Crippen LogP contribution >= 0.6 is 0 Å². The molecule has 2 rings (SSSR count). The molecule has 0 saturated heterocycles. The van der Waals surface area contributed by atoms with Crippen LogP contribution in [0.15, 0.2) is 42.6 Å². The van der Waals surface area contributed by atoms with E-state index in [4.69, 9.17) is 14.7 Å². The number of nitrogens with zero attached hydrogens (tertiary/aromatic N) is 2. The van der Waals surface area contributed by atoms with Crippen molar-refractivity contribution >= 4 is 11.8 Å². The third kappa shape index (κ3) is 4.71. The molecule has 0 aliphatic heterocycles. The van der Waals surface area contributed by atoms with Crippen molar-refractivity contribution in [2.75, 3.05) is 25.1 Å². The highest BCUT2D eigenvalue weighted by molar-refractivity contribution is 5.89. The lowest BCUT2D eigenvalue weighted by atomic mass is 10.2. The molecule has 0 spiro atoms. The van der Waals surface area contributed by atoms with Gasteiger partial charge in [-0.1, -0.05) is 0 Å². The first kappa shape index (κ1) is 16.3. The van der Waals surface area contributed by atoms with Crippen LogP contribution in [-0.2, 0) is 4.74 Å². The van der Waals surface area contributed by atoms with Crippen molar-refractivity contribution in [3.8, 4) is 11.8 Å². The molecule has 6 nitrogen and oxygen atoms in total. The average molecular weight is 311 g/mol. The van der Waals surface area contributed by atoms with Crippen molar-refractivity contribution < 1.29 is 14.3 Å². The number of anilines is 1. The van der Waals surface area contributed by atoms with Crippen LogP contribution in [-0.4, -0.2) is 30.7 Å². The predicted octanol–water partition coefficient (Wildman–Crippen LogP) is 2.62. The van der Waals surface area contributed by atoms with Gasteiger partial charge >= 0.3 is 5.97 Å². The highest BCUT2D eigenvalue weighted by Gasteiger charge is 2.07. The Kier molecular flexibility index (Phi) is 5.95. The first-order valence-corrected chi connectivity index (χ1v) is 7.23. The first-order chi connectivity index (χ1) is 11.2. The summed E-state index contributed by atoms with van der Waals surface area (Å²) in [6.07, 6.45) is 1.59. The molecule has 118 valence electrons. The van der Waals surface area contributed by atoms with Crippen molar-refractivity contribution in [1.29, 1.82) is 5.26 Å². The highest BCUT2D eigenvalue weighted by Crippen LogP contribution is 2.13. The second-order valence-corrected chi connectivity index (χ2v) is 4.53. The Morgan fingerprint density at radius 1 is 1.30 bits per heavy atom. The summed E-state index contributed by atoms with van der Waals surface area (Å²) in [5, 5.41) is 11.9. The van der Waals surface area contributed by atoms with E-state index in [1.54, 1.807) is 42.6 Å². The minimum Gasteiger partial charge on any atom is -0.494 e. The Morgan fingerprint density at radius 2 is 2.09 bits per heavy atom. The molecule has 0 amide bonds. The third-order valence-corrected chi connectivity index (χ3v) is 2.96. The lowest BCUT2D eigenvalue weighted by molar-refractivity contribution is 0.0520. The molecule has 0 saturated carbocycles. The Hall–Kier alpha value is -3.07. The zero-order valence-corrected chi connectivity index (χ0v) is 12.8. The van der Waals surface area contributed by atoms with Crippen LogP contribution in [0, 0.1) is 11.3 Å². The molecule has 0 bridgehead atoms. The van der Waals surface area contributed by atoms with Crippen molar-refractivity contribution in [3.63, 3.8) is 0 Å². The number of rotatable bonds is 7. The smallest absolute Gasteiger partial charge is 0.338 e. The summed E-state index contributed by atoms with van der Waals surface area (Å²) in [4.78, 5) is 16.0. The van der Waals surface area contributed by atoms with Gasteiger partial charge in [0.05, 0.1) is 24.3 Å². The molecule has 0 radical (unpaired) electrons. The van der Waals surface area contributed by atoms with E-state index in [-0.39, 0.29) is 6.61 Å². The molecule has 0 aliphatic rings. The number of esters is 1. The van der Waals surface area contributed by atoms with Crippen molar-refractivity contribution in [2.24, 2.45) is 0 Å². The largest absolute Gasteiger partial charge is 0.494 e. The maximum Gasteiger partial charge on any atom is 0.338 e. The number of pyridine rings is 1. The fourth-order valence-corrected chi connectivity index (χ4v) is 1.89. The van der Waals surface area contributed by atoms with Gasteiger partial charge in [0.2, 0.25) is 0 Å². The summed E-state index contributed by atoms with van der Waals surface area (Å²) in [5.41, 5.74) is 0.911. The summed E-state index contributed by atoms with van der Waals surface area (Å²) in [5.74, 6) is 0.786. The third-order valence-electron chi connectivity index (χ3n) is 2.96. The first-order valence-electron chi connectivity index (χ1n) is 7.23. The SMILES string of the molecule is CCOc1ccc(C(=O)OCCNc2ncccc2C#N)cc1. The highest BCUT2D eigenvalue weighted by atomic mass is 16.5. The predicted molar refractivity (Wildman–Crippen MR) is 85.3 cm³/mol. The van der Waals surface area contributed by atoms with Crippen LogP contribution in [0.5, 0.6) is 5.75 Å². The maximum absolute atomic E-state index is 11.9. The van der Waals surface area contributed by atoms with Gasteiger partial charge in [0.15, 0.2) is 0 Å². The van der Waals surface area contributed by atoms with Gasteiger partial charge in [0, 0.05) is 6.20 Å². The summed E-state index contributed by atoms with van der Waals surface area (Å²) in [7, 11) is 0. The molecule has 1 N–H and O–H groups in total. The van der Waals surface area contributed by atoms with E-state index in [1.807, 2.05) is 13.0 Å². The van der Waals surface area contributed by atoms with Crippen LogP contribution in [0.1, 0.15) is 22.8 Å². The fourth-order valence-electron chi connectivity index (χ4n) is 1.89. The lowest BCUT2D eigenvalue weighted by Crippen LogP contribution is -2.15. The molecule has 1 heterocycles. The molecule has 0 unspecified atom stereocenters. The number of hydrogen-bond donors (Lipinski definition) is 1. The molecular weight excluding hydrogens is 294 g/mol. The second-order valence-electron chi connectivity index (χ2n) is 4.53. The second kappa shape index (κ2) is 8.39. The normalized spacial score (nSPS) is 9.74. The molecule has 2 aromatic rings. The van der Waals surface area contributed by atoms with Crippen molar-refractivity contribution in [1.82, 2.24) is 4.98 Å². The fraction of sp³-hybridized carbons (Fsp3) is 0.235. The molecule has 1 aromatic carbocycles. The maximum atomic E-state index is 11.9. The summed E-state index contributed by atoms with van der Waals surface area (Å²) in [6, 6.07) is 12.2. The van der Waals surface area contributed by atoms with Crippen molar-refractivity contribution in [3.05, 3.63) is 53.7 Å². The molecule has 1 aromatic heterocycles. The Morgan fingerprint density at radius 3 is 2.78 bits per heavy atom. The average Bonchev–Trinajstić information content (AvgIpc) is 2.60. The van der Waals surface area contributed by atoms with Crippen LogP contribution in [0.4, 0.5) is 5.82 Å². The lowest BCUT2D eigenvalue weighted by Gasteiger charge is -2.08. The molecule has 6 heteroatoms. The molecule has 0 aliphatic carbocycles. The van der Waals surface area contributed by atoms with Gasteiger partial charge in [0.25, 0.3) is 0 Å². The van der Waals surface area contributed by atoms with Gasteiger partial charge in [0.1, 0.15) is 24.2 Å². The van der Waals surface area contributed by atoms with Gasteiger partial charge < -0.3 is 14.8 Å². The van der Waals surface area contributed by atoms with Crippen LogP contribution in [0.3, 0.4) is 0 Å². The molecule has 0 atom stereocenters. The standard InChI is InChI=1S/C17H17N3O3/c1-2-22-15-7-5-13(6-8-15)17(21)23-11-10-20-16-14(12-18)4-3-9-19-16/h3-9H,2,10-11H2,1H3,(H,19,20). The minimum atomic E-state index is -0.406. The topological polar surface area (TPSA) is 84.2 Å². The van der Waals surface area contributed by atoms with E-state index in [9.17, 15) is 4.79 Å². The van der Waals surface area contributed by atoms with Crippen LogP contribution in [0.25, 0.3) is 0 Å². The number of hydrogen-bond acceptors (Lipinski definition) is 6. The number of carbonyl (C=O) groups excluding carboxylic acids is 1. The van der Waals surface area contributed by atoms with E-state index in [0.29, 0.717) is 35.8 Å². The number of aromatic nitrogens is 1. The van der Waals surface area contributed by atoms with Crippen molar-refractivity contribution in [2.45, 2.75) is 6.92 Å². The van der Waals surface area contributed by atoms with Gasteiger partial charge in [-0.05, 0) is 43.3 Å². The number of carbonyl (C=O) groups is 1.